The number of nitrogens with zero attached hydrogens (tertiary/aromatic N) is 1. The molecule has 0 aliphatic rings. The average molecular weight is 600 g/mol. The van der Waals surface area contributed by atoms with Gasteiger partial charge in [0.2, 0.25) is 0 Å². The van der Waals surface area contributed by atoms with Crippen molar-refractivity contribution in [1.29, 1.82) is 0 Å². The van der Waals surface area contributed by atoms with Crippen molar-refractivity contribution in [3.63, 3.8) is 0 Å². The van der Waals surface area contributed by atoms with E-state index in [4.69, 9.17) is 0 Å². The van der Waals surface area contributed by atoms with Crippen LogP contribution in [0.5, 0.6) is 0 Å². The van der Waals surface area contributed by atoms with Crippen molar-refractivity contribution >= 4 is 10.0 Å². The zero-order valence-electron chi connectivity index (χ0n) is 9.40. The predicted octanol–water partition coefficient (Wildman–Crippen LogP) is 2.08. The van der Waals surface area contributed by atoms with E-state index in [1.54, 1.807) is 12.1 Å². The second kappa shape index (κ2) is 6.07. The van der Waals surface area contributed by atoms with Crippen LogP contribution in [0.2, 0.25) is 8.86 Å². The molecule has 0 heterocycles. The molecule has 0 aliphatic heterocycles. The molecule has 1 aromatic carbocycles. The monoisotopic (exact) mass is 603 g/mol. The van der Waals surface area contributed by atoms with Gasteiger partial charge >= 0.3 is 119 Å². The molecule has 0 radical (unpaired) electrons. The van der Waals surface area contributed by atoms with Gasteiger partial charge < -0.3 is 0 Å². The van der Waals surface area contributed by atoms with E-state index in [1.165, 1.54) is 0 Å². The molecule has 0 amide bonds. The van der Waals surface area contributed by atoms with Crippen molar-refractivity contribution in [3.05, 3.63) is 29.8 Å². The van der Waals surface area contributed by atoms with Crippen molar-refractivity contribution in [3.8, 4) is 0 Å². The van der Waals surface area contributed by atoms with E-state index < -0.39 is 59.8 Å². The van der Waals surface area contributed by atoms with Gasteiger partial charge in [0.15, 0.2) is 0 Å². The summed E-state index contributed by atoms with van der Waals surface area (Å²) in [6, 6.07) is 7.18. The van der Waals surface area contributed by atoms with Gasteiger partial charge in [0.25, 0.3) is 0 Å². The van der Waals surface area contributed by atoms with Gasteiger partial charge in [-0.05, 0) is 0 Å². The first kappa shape index (κ1) is 14.1. The molecule has 0 unspecified atom stereocenters. The summed E-state index contributed by atoms with van der Waals surface area (Å²) < 4.78 is 30.4. The Hall–Kier alpha value is 1.00. The van der Waals surface area contributed by atoms with Crippen LogP contribution in [-0.2, 0) is 59.8 Å². The molecule has 0 atom stereocenters. The second-order valence-corrected chi connectivity index (χ2v) is 33.3. The van der Waals surface area contributed by atoms with Crippen LogP contribution in [0.1, 0.15) is 5.56 Å². The van der Waals surface area contributed by atoms with E-state index in [0.717, 1.165) is 5.56 Å². The molecule has 0 aliphatic carbocycles. The van der Waals surface area contributed by atoms with E-state index in [2.05, 4.69) is 8.86 Å². The minimum absolute atomic E-state index is 0.483. The van der Waals surface area contributed by atoms with Crippen molar-refractivity contribution in [2.45, 2.75) is 20.7 Å². The summed E-state index contributed by atoms with van der Waals surface area (Å²) in [5.41, 5.74) is 1.10. The molecule has 0 N–H and O–H groups in total. The quantitative estimate of drug-likeness (QED) is 0.497. The summed E-state index contributed by atoms with van der Waals surface area (Å²) in [7, 11) is -3.09. The number of aryl methyl sites for hydroxylation is 1. The molecule has 15 heavy (non-hydrogen) atoms. The van der Waals surface area contributed by atoms with Crippen LogP contribution in [0.25, 0.3) is 0 Å². The molecule has 1 rings (SSSR count). The minimum atomic E-state index is -3.09. The van der Waals surface area contributed by atoms with Gasteiger partial charge in [-0.2, -0.15) is 0 Å². The van der Waals surface area contributed by atoms with Gasteiger partial charge in [-0.15, -0.1) is 0 Å². The number of benzene rings is 1. The topological polar surface area (TPSA) is 37.4 Å². The van der Waals surface area contributed by atoms with Crippen LogP contribution in [0.4, 0.5) is 0 Å². The van der Waals surface area contributed by atoms with E-state index in [1.807, 2.05) is 18.9 Å². The standard InChI is InChI=1S/C7H7NO2S.2CH3.2Hg/c1-6-2-4-7(5-3-6)11(8,9)10;;;;/h2-5H,1H3;2*1H3;;. The Bertz CT molecular complexity index is 412. The number of rotatable bonds is 4. The molecule has 6 heteroatoms. The average Bonchev–Trinajstić information content (AvgIpc) is 2.19. The summed E-state index contributed by atoms with van der Waals surface area (Å²) in [6.07, 6.45) is 0. The first-order valence-electron chi connectivity index (χ1n) is 5.09. The molecule has 0 fully saturated rings. The van der Waals surface area contributed by atoms with Crippen molar-refractivity contribution in [2.75, 3.05) is 0 Å². The fourth-order valence-corrected chi connectivity index (χ4v) is 31.3. The van der Waals surface area contributed by atoms with Gasteiger partial charge in [-0.3, -0.25) is 0 Å². The molecular weight excluding hydrogens is 587 g/mol. The normalized spacial score (nSPS) is 10.9. The Labute approximate surface area is 117 Å². The Morgan fingerprint density at radius 2 is 1.53 bits per heavy atom. The molecular formula is C9H13Hg2NO2S. The summed E-state index contributed by atoms with van der Waals surface area (Å²) in [5, 5.41) is 0. The molecule has 0 saturated carbocycles. The zero-order valence-corrected chi connectivity index (χ0v) is 21.2. The van der Waals surface area contributed by atoms with Crippen molar-refractivity contribution in [2.24, 2.45) is 0 Å². The van der Waals surface area contributed by atoms with E-state index >= 15 is 0 Å². The maximum absolute atomic E-state index is 12.1. The molecule has 3 nitrogen and oxygen atoms in total. The van der Waals surface area contributed by atoms with Crippen LogP contribution in [-0.4, -0.2) is 8.25 Å². The fourth-order valence-electron chi connectivity index (χ4n) is 1.42. The molecule has 0 bridgehead atoms. The first-order chi connectivity index (χ1) is 7.02. The molecule has 76 valence electrons. The maximum atomic E-state index is 12.1. The van der Waals surface area contributed by atoms with Crippen LogP contribution in [0.15, 0.2) is 29.2 Å². The third-order valence-corrected chi connectivity index (χ3v) is 52.4. The van der Waals surface area contributed by atoms with Gasteiger partial charge in [0, 0.05) is 0 Å². The van der Waals surface area contributed by atoms with E-state index in [0.29, 0.717) is 4.90 Å². The molecule has 0 saturated heterocycles. The van der Waals surface area contributed by atoms with Gasteiger partial charge in [0.05, 0.1) is 0 Å². The Morgan fingerprint density at radius 1 is 1.07 bits per heavy atom. The van der Waals surface area contributed by atoms with Crippen LogP contribution in [0, 0.1) is 6.92 Å². The van der Waals surface area contributed by atoms with Gasteiger partial charge in [-0.25, -0.2) is 0 Å². The molecule has 1 aromatic rings. The van der Waals surface area contributed by atoms with Crippen molar-refractivity contribution < 1.29 is 58.2 Å². The summed E-state index contributed by atoms with van der Waals surface area (Å²) in [4.78, 5) is 0.483. The zero-order chi connectivity index (χ0) is 11.5. The third-order valence-electron chi connectivity index (χ3n) is 2.36. The fraction of sp³-hybridized carbons (Fsp3) is 0.333. The van der Waals surface area contributed by atoms with Crippen molar-refractivity contribution in [1.82, 2.24) is -0.167 Å². The summed E-state index contributed by atoms with van der Waals surface area (Å²) in [5.74, 6) is 0. The predicted molar refractivity (Wildman–Crippen MR) is 51.9 cm³/mol. The van der Waals surface area contributed by atoms with E-state index in [9.17, 15) is 8.42 Å². The molecule has 0 spiro atoms. The Balaban J connectivity index is 3.11. The van der Waals surface area contributed by atoms with Gasteiger partial charge in [-0.1, -0.05) is 0 Å². The van der Waals surface area contributed by atoms with Crippen LogP contribution < -0.4 is 0 Å². The number of hydrogen-bond acceptors (Lipinski definition) is 2. The first-order valence-corrected chi connectivity index (χ1v) is 22.4. The number of sulfonamides is 1. The SMILES string of the molecule is [CH3][Hg][N]([Hg][CH3])S(=O)(=O)c1ccc(C)cc1. The van der Waals surface area contributed by atoms with Crippen LogP contribution in [0.3, 0.4) is 0 Å². The second-order valence-electron chi connectivity index (χ2n) is 3.40. The summed E-state index contributed by atoms with van der Waals surface area (Å²) in [6.45, 7) is 1.97. The molecule has 0 aromatic heterocycles. The number of hydrogen-bond donors (Lipinski definition) is 0. The van der Waals surface area contributed by atoms with E-state index in [-0.39, 0.29) is 0 Å². The Kier molecular flexibility index (Phi) is 5.69. The summed E-state index contributed by atoms with van der Waals surface area (Å²) >= 11 is -2.60. The van der Waals surface area contributed by atoms with Crippen LogP contribution >= 0.6 is 0 Å². The third kappa shape index (κ3) is 3.48. The Morgan fingerprint density at radius 3 is 1.93 bits per heavy atom. The van der Waals surface area contributed by atoms with Gasteiger partial charge in [0.1, 0.15) is 0 Å².